The Morgan fingerprint density at radius 2 is 1.81 bits per heavy atom. The van der Waals surface area contributed by atoms with E-state index in [0.717, 1.165) is 38.7 Å². The molecule has 188 valence electrons. The average molecular weight is 528 g/mol. The Bertz CT molecular complexity index is 1580. The maximum absolute atomic E-state index is 10.4. The quantitative estimate of drug-likeness (QED) is 0.228. The first-order valence-corrected chi connectivity index (χ1v) is 14.5. The minimum Gasteiger partial charge on any atom is -0.392 e. The SMILES string of the molecule is Cc1nc(NCc2cc3ccccc3s2)nc(NC2CC3C(O)C3(C)C2C)c1-c1nc2ccccc2s1. The summed E-state index contributed by atoms with van der Waals surface area (Å²) in [5.41, 5.74) is 2.85. The lowest BCUT2D eigenvalue weighted by Gasteiger charge is -2.26. The number of para-hydroxylation sites is 1. The molecule has 2 aromatic carbocycles. The number of thiophene rings is 1. The Balaban J connectivity index is 1.23. The smallest absolute Gasteiger partial charge is 0.225 e. The highest BCUT2D eigenvalue weighted by atomic mass is 32.1. The number of nitrogens with zero attached hydrogens (tertiary/aromatic N) is 3. The van der Waals surface area contributed by atoms with E-state index in [4.69, 9.17) is 15.0 Å². The number of hydrogen-bond acceptors (Lipinski definition) is 8. The van der Waals surface area contributed by atoms with Gasteiger partial charge in [-0.15, -0.1) is 22.7 Å². The van der Waals surface area contributed by atoms with Gasteiger partial charge < -0.3 is 15.7 Å². The summed E-state index contributed by atoms with van der Waals surface area (Å²) in [7, 11) is 0. The summed E-state index contributed by atoms with van der Waals surface area (Å²) < 4.78 is 2.44. The van der Waals surface area contributed by atoms with Crippen LogP contribution in [-0.2, 0) is 6.54 Å². The highest BCUT2D eigenvalue weighted by molar-refractivity contribution is 7.21. The maximum Gasteiger partial charge on any atom is 0.225 e. The molecule has 7 rings (SSSR count). The molecule has 3 heterocycles. The minimum atomic E-state index is -0.185. The van der Waals surface area contributed by atoms with Crippen LogP contribution in [-0.4, -0.2) is 32.2 Å². The number of aliphatic hydroxyl groups is 1. The van der Waals surface area contributed by atoms with Gasteiger partial charge in [-0.2, -0.15) is 4.98 Å². The van der Waals surface area contributed by atoms with E-state index in [1.165, 1.54) is 15.0 Å². The molecule has 0 radical (unpaired) electrons. The van der Waals surface area contributed by atoms with Crippen LogP contribution < -0.4 is 10.6 Å². The van der Waals surface area contributed by atoms with Crippen LogP contribution in [0.15, 0.2) is 54.6 Å². The van der Waals surface area contributed by atoms with E-state index in [0.29, 0.717) is 24.3 Å². The molecule has 6 nitrogen and oxygen atoms in total. The Labute approximate surface area is 223 Å². The molecule has 2 aliphatic rings. The summed E-state index contributed by atoms with van der Waals surface area (Å²) in [6.45, 7) is 7.18. The van der Waals surface area contributed by atoms with Gasteiger partial charge in [0.2, 0.25) is 5.95 Å². The van der Waals surface area contributed by atoms with Gasteiger partial charge in [0, 0.05) is 21.0 Å². The van der Waals surface area contributed by atoms with Gasteiger partial charge in [-0.1, -0.05) is 44.2 Å². The molecule has 2 aliphatic carbocycles. The molecular formula is C29H29N5OS2. The summed E-state index contributed by atoms with van der Waals surface area (Å²) in [6, 6.07) is 19.2. The molecule has 2 saturated carbocycles. The van der Waals surface area contributed by atoms with Gasteiger partial charge in [-0.05, 0) is 54.8 Å². The molecule has 5 unspecified atom stereocenters. The number of fused-ring (bicyclic) bond motifs is 3. The van der Waals surface area contributed by atoms with Gasteiger partial charge in [0.05, 0.1) is 34.1 Å². The van der Waals surface area contributed by atoms with E-state index in [9.17, 15) is 5.11 Å². The fourth-order valence-electron chi connectivity index (χ4n) is 6.14. The largest absolute Gasteiger partial charge is 0.392 e. The van der Waals surface area contributed by atoms with Gasteiger partial charge in [-0.25, -0.2) is 9.97 Å². The molecule has 0 spiro atoms. The molecule has 5 atom stereocenters. The van der Waals surface area contributed by atoms with E-state index in [1.54, 1.807) is 22.7 Å². The van der Waals surface area contributed by atoms with Crippen molar-refractivity contribution in [2.45, 2.75) is 45.9 Å². The summed E-state index contributed by atoms with van der Waals surface area (Å²) in [4.78, 5) is 16.0. The van der Waals surface area contributed by atoms with E-state index >= 15 is 0 Å². The zero-order chi connectivity index (χ0) is 25.3. The first kappa shape index (κ1) is 23.1. The molecule has 0 saturated heterocycles. The van der Waals surface area contributed by atoms with Crippen LogP contribution in [0.1, 0.15) is 30.8 Å². The predicted octanol–water partition coefficient (Wildman–Crippen LogP) is 6.71. The molecular weight excluding hydrogens is 498 g/mol. The summed E-state index contributed by atoms with van der Waals surface area (Å²) in [6.07, 6.45) is 0.765. The number of thiazole rings is 1. The number of aryl methyl sites for hydroxylation is 1. The number of nitrogens with one attached hydrogen (secondary N) is 2. The van der Waals surface area contributed by atoms with E-state index in [1.807, 2.05) is 25.1 Å². The van der Waals surface area contributed by atoms with Crippen molar-refractivity contribution in [1.82, 2.24) is 15.0 Å². The lowest BCUT2D eigenvalue weighted by molar-refractivity contribution is 0.175. The highest BCUT2D eigenvalue weighted by Gasteiger charge is 2.69. The fraction of sp³-hybridized carbons (Fsp3) is 0.345. The molecule has 2 fully saturated rings. The monoisotopic (exact) mass is 527 g/mol. The lowest BCUT2D eigenvalue weighted by Crippen LogP contribution is -2.31. The number of aliphatic hydroxyl groups excluding tert-OH is 1. The maximum atomic E-state index is 10.4. The molecule has 0 bridgehead atoms. The summed E-state index contributed by atoms with van der Waals surface area (Å²) in [5.74, 6) is 2.14. The van der Waals surface area contributed by atoms with Crippen LogP contribution in [0.25, 0.3) is 30.9 Å². The summed E-state index contributed by atoms with van der Waals surface area (Å²) in [5, 5.41) is 19.9. The van der Waals surface area contributed by atoms with Crippen molar-refractivity contribution >= 4 is 54.7 Å². The number of anilines is 2. The molecule has 0 amide bonds. The number of rotatable bonds is 6. The molecule has 0 aliphatic heterocycles. The summed E-state index contributed by atoms with van der Waals surface area (Å²) >= 11 is 3.47. The Hall–Kier alpha value is -3.07. The second kappa shape index (κ2) is 8.48. The van der Waals surface area contributed by atoms with Crippen molar-refractivity contribution in [2.24, 2.45) is 17.3 Å². The van der Waals surface area contributed by atoms with Crippen LogP contribution in [0, 0.1) is 24.2 Å². The van der Waals surface area contributed by atoms with Gasteiger partial charge >= 0.3 is 0 Å². The van der Waals surface area contributed by atoms with Gasteiger partial charge in [0.1, 0.15) is 10.8 Å². The van der Waals surface area contributed by atoms with Crippen LogP contribution in [0.5, 0.6) is 0 Å². The van der Waals surface area contributed by atoms with Crippen molar-refractivity contribution < 1.29 is 5.11 Å². The number of hydrogen-bond donors (Lipinski definition) is 3. The van der Waals surface area contributed by atoms with Crippen LogP contribution in [0.4, 0.5) is 11.8 Å². The van der Waals surface area contributed by atoms with Crippen LogP contribution in [0.3, 0.4) is 0 Å². The first-order valence-electron chi connectivity index (χ1n) is 12.8. The van der Waals surface area contributed by atoms with Gasteiger partial charge in [-0.3, -0.25) is 0 Å². The molecule has 8 heteroatoms. The second-order valence-electron chi connectivity index (χ2n) is 10.6. The Morgan fingerprint density at radius 1 is 1.03 bits per heavy atom. The molecule has 3 aromatic heterocycles. The van der Waals surface area contributed by atoms with Crippen LogP contribution >= 0.6 is 22.7 Å². The zero-order valence-electron chi connectivity index (χ0n) is 21.0. The van der Waals surface area contributed by atoms with Crippen molar-refractivity contribution in [3.05, 3.63) is 65.2 Å². The van der Waals surface area contributed by atoms with Crippen molar-refractivity contribution in [3.63, 3.8) is 0 Å². The molecule has 5 aromatic rings. The van der Waals surface area contributed by atoms with Gasteiger partial charge in [0.15, 0.2) is 0 Å². The van der Waals surface area contributed by atoms with Gasteiger partial charge in [0.25, 0.3) is 0 Å². The third-order valence-corrected chi connectivity index (χ3v) is 10.8. The lowest BCUT2D eigenvalue weighted by atomic mass is 9.90. The molecule has 37 heavy (non-hydrogen) atoms. The predicted molar refractivity (Wildman–Crippen MR) is 153 cm³/mol. The topological polar surface area (TPSA) is 83.0 Å². The third-order valence-electron chi connectivity index (χ3n) is 8.62. The highest BCUT2D eigenvalue weighted by Crippen LogP contribution is 2.66. The van der Waals surface area contributed by atoms with Crippen LogP contribution in [0.2, 0.25) is 0 Å². The van der Waals surface area contributed by atoms with E-state index in [-0.39, 0.29) is 17.6 Å². The number of benzene rings is 2. The normalized spacial score (nSPS) is 26.5. The fourth-order valence-corrected chi connectivity index (χ4v) is 8.21. The standard InChI is InChI=1S/C29H29N5OS2/c1-15-21(13-19-25(35)29(15,19)3)32-26-24(27-33-20-9-5-7-11-23(20)37-27)16(2)31-28(34-26)30-14-18-12-17-8-4-6-10-22(17)36-18/h4-12,15,19,21,25,35H,13-14H2,1-3H3,(H2,30,31,32,34). The Kier molecular flexibility index (Phi) is 5.29. The van der Waals surface area contributed by atoms with Crippen molar-refractivity contribution in [3.8, 4) is 10.6 Å². The number of aromatic nitrogens is 3. The Morgan fingerprint density at radius 3 is 2.57 bits per heavy atom. The van der Waals surface area contributed by atoms with E-state index in [2.05, 4.69) is 60.9 Å². The third kappa shape index (κ3) is 3.73. The molecule has 3 N–H and O–H groups in total. The van der Waals surface area contributed by atoms with Crippen molar-refractivity contribution in [1.29, 1.82) is 0 Å². The minimum absolute atomic E-state index is 0.00196. The second-order valence-corrected chi connectivity index (χ2v) is 12.8. The zero-order valence-corrected chi connectivity index (χ0v) is 22.7. The average Bonchev–Trinajstić information content (AvgIpc) is 3.32. The van der Waals surface area contributed by atoms with E-state index < -0.39 is 0 Å². The first-order chi connectivity index (χ1) is 17.9. The van der Waals surface area contributed by atoms with Crippen molar-refractivity contribution in [2.75, 3.05) is 10.6 Å².